The summed E-state index contributed by atoms with van der Waals surface area (Å²) in [6.07, 6.45) is 3.31. The van der Waals surface area contributed by atoms with Crippen molar-refractivity contribution in [3.63, 3.8) is 0 Å². The van der Waals surface area contributed by atoms with Gasteiger partial charge in [0.15, 0.2) is 0 Å². The molecule has 0 amide bonds. The fourth-order valence-electron chi connectivity index (χ4n) is 3.23. The van der Waals surface area contributed by atoms with Crippen LogP contribution in [0.15, 0.2) is 0 Å². The number of carboxylic acid groups (broad SMARTS) is 1. The van der Waals surface area contributed by atoms with Crippen molar-refractivity contribution >= 4 is 5.97 Å². The van der Waals surface area contributed by atoms with Crippen LogP contribution in [-0.2, 0) is 9.53 Å². The van der Waals surface area contributed by atoms with Gasteiger partial charge >= 0.3 is 5.97 Å². The number of methoxy groups -OCH3 is 1. The average Bonchev–Trinajstić information content (AvgIpc) is 3.03. The van der Waals surface area contributed by atoms with Crippen LogP contribution >= 0.6 is 0 Å². The van der Waals surface area contributed by atoms with Crippen molar-refractivity contribution in [2.45, 2.75) is 39.2 Å². The van der Waals surface area contributed by atoms with E-state index in [0.29, 0.717) is 12.6 Å². The van der Waals surface area contributed by atoms with E-state index in [4.69, 9.17) is 4.74 Å². The van der Waals surface area contributed by atoms with Gasteiger partial charge in [-0.1, -0.05) is 13.8 Å². The second-order valence-electron chi connectivity index (χ2n) is 6.20. The predicted molar refractivity (Wildman–Crippen MR) is 69.5 cm³/mol. The molecule has 2 unspecified atom stereocenters. The number of ether oxygens (including phenoxy) is 1. The number of likely N-dealkylation sites (tertiary alicyclic amines) is 1. The highest BCUT2D eigenvalue weighted by molar-refractivity contribution is 5.75. The van der Waals surface area contributed by atoms with E-state index in [0.717, 1.165) is 25.5 Å². The fourth-order valence-corrected chi connectivity index (χ4v) is 3.23. The number of hydrogen-bond acceptors (Lipinski definition) is 3. The molecule has 1 saturated heterocycles. The van der Waals surface area contributed by atoms with Gasteiger partial charge in [-0.3, -0.25) is 9.69 Å². The van der Waals surface area contributed by atoms with Crippen LogP contribution in [0.25, 0.3) is 0 Å². The maximum atomic E-state index is 11.6. The molecule has 1 N–H and O–H groups in total. The van der Waals surface area contributed by atoms with Crippen molar-refractivity contribution in [1.29, 1.82) is 0 Å². The standard InChI is InChI=1S/C14H25NO3/c1-10(2)14(13(16)17)6-7-15(9-14)12(8-18-3)11-4-5-11/h10-12H,4-9H2,1-3H3,(H,16,17). The van der Waals surface area contributed by atoms with Gasteiger partial charge in [-0.15, -0.1) is 0 Å². The first-order chi connectivity index (χ1) is 8.51. The summed E-state index contributed by atoms with van der Waals surface area (Å²) in [6, 6.07) is 0.426. The summed E-state index contributed by atoms with van der Waals surface area (Å²) in [6.45, 7) is 6.37. The van der Waals surface area contributed by atoms with Gasteiger partial charge in [-0.2, -0.15) is 0 Å². The summed E-state index contributed by atoms with van der Waals surface area (Å²) in [5.41, 5.74) is -0.555. The van der Waals surface area contributed by atoms with Crippen LogP contribution in [0.1, 0.15) is 33.1 Å². The zero-order valence-electron chi connectivity index (χ0n) is 11.7. The van der Waals surface area contributed by atoms with Crippen molar-refractivity contribution in [2.24, 2.45) is 17.3 Å². The normalized spacial score (nSPS) is 30.9. The molecule has 0 radical (unpaired) electrons. The molecule has 2 rings (SSSR count). The van der Waals surface area contributed by atoms with E-state index in [-0.39, 0.29) is 5.92 Å². The van der Waals surface area contributed by atoms with Gasteiger partial charge in [0.1, 0.15) is 0 Å². The second kappa shape index (κ2) is 5.17. The monoisotopic (exact) mass is 255 g/mol. The maximum Gasteiger partial charge on any atom is 0.311 e. The minimum atomic E-state index is -0.632. The SMILES string of the molecule is COCC(C1CC1)N1CCC(C(=O)O)(C(C)C)C1. The van der Waals surface area contributed by atoms with Gasteiger partial charge < -0.3 is 9.84 Å². The Kier molecular flexibility index (Phi) is 3.97. The third-order valence-corrected chi connectivity index (χ3v) is 4.83. The Morgan fingerprint density at radius 1 is 1.50 bits per heavy atom. The molecule has 1 saturated carbocycles. The summed E-state index contributed by atoms with van der Waals surface area (Å²) < 4.78 is 5.32. The quantitative estimate of drug-likeness (QED) is 0.787. The van der Waals surface area contributed by atoms with Gasteiger partial charge in [0.2, 0.25) is 0 Å². The summed E-state index contributed by atoms with van der Waals surface area (Å²) in [4.78, 5) is 14.0. The molecule has 2 aliphatic rings. The third-order valence-electron chi connectivity index (χ3n) is 4.83. The van der Waals surface area contributed by atoms with Gasteiger partial charge in [0.25, 0.3) is 0 Å². The lowest BCUT2D eigenvalue weighted by molar-refractivity contribution is -0.151. The zero-order chi connectivity index (χ0) is 13.3. The van der Waals surface area contributed by atoms with Crippen molar-refractivity contribution in [3.8, 4) is 0 Å². The van der Waals surface area contributed by atoms with Crippen molar-refractivity contribution in [3.05, 3.63) is 0 Å². The second-order valence-corrected chi connectivity index (χ2v) is 6.20. The molecule has 4 heteroatoms. The Morgan fingerprint density at radius 2 is 2.17 bits per heavy atom. The van der Waals surface area contributed by atoms with Crippen molar-refractivity contribution in [2.75, 3.05) is 26.8 Å². The molecule has 0 aromatic heterocycles. The Labute approximate surface area is 109 Å². The average molecular weight is 255 g/mol. The Balaban J connectivity index is 2.07. The van der Waals surface area contributed by atoms with E-state index < -0.39 is 11.4 Å². The minimum Gasteiger partial charge on any atom is -0.481 e. The van der Waals surface area contributed by atoms with Gasteiger partial charge in [0.05, 0.1) is 12.0 Å². The van der Waals surface area contributed by atoms with E-state index in [2.05, 4.69) is 4.90 Å². The highest BCUT2D eigenvalue weighted by Crippen LogP contribution is 2.43. The zero-order valence-corrected chi connectivity index (χ0v) is 11.7. The van der Waals surface area contributed by atoms with Gasteiger partial charge in [-0.25, -0.2) is 0 Å². The first kappa shape index (κ1) is 13.8. The lowest BCUT2D eigenvalue weighted by Crippen LogP contribution is -2.44. The molecule has 0 bridgehead atoms. The third kappa shape index (κ3) is 2.41. The summed E-state index contributed by atoms with van der Waals surface area (Å²) in [5, 5.41) is 9.56. The molecule has 1 aliphatic carbocycles. The number of aliphatic carboxylic acids is 1. The molecule has 0 spiro atoms. The van der Waals surface area contributed by atoms with Crippen LogP contribution in [0.5, 0.6) is 0 Å². The summed E-state index contributed by atoms with van der Waals surface area (Å²) in [5.74, 6) is 0.274. The molecule has 0 aromatic carbocycles. The van der Waals surface area contributed by atoms with E-state index in [1.54, 1.807) is 7.11 Å². The number of nitrogens with zero attached hydrogens (tertiary/aromatic N) is 1. The molecule has 1 heterocycles. The molecule has 104 valence electrons. The van der Waals surface area contributed by atoms with Crippen molar-refractivity contribution in [1.82, 2.24) is 4.90 Å². The predicted octanol–water partition coefficient (Wildman–Crippen LogP) is 1.84. The molecule has 0 aromatic rings. The van der Waals surface area contributed by atoms with Crippen LogP contribution in [0.2, 0.25) is 0 Å². The largest absolute Gasteiger partial charge is 0.481 e. The van der Waals surface area contributed by atoms with Crippen molar-refractivity contribution < 1.29 is 14.6 Å². The van der Waals surface area contributed by atoms with E-state index >= 15 is 0 Å². The maximum absolute atomic E-state index is 11.6. The van der Waals surface area contributed by atoms with Gasteiger partial charge in [-0.05, 0) is 37.6 Å². The molecule has 4 nitrogen and oxygen atoms in total. The van der Waals surface area contributed by atoms with Crippen LogP contribution in [0.4, 0.5) is 0 Å². The smallest absolute Gasteiger partial charge is 0.311 e. The molecule has 2 fully saturated rings. The van der Waals surface area contributed by atoms with Crippen LogP contribution in [0, 0.1) is 17.3 Å². The highest BCUT2D eigenvalue weighted by Gasteiger charge is 2.50. The molecular formula is C14H25NO3. The lowest BCUT2D eigenvalue weighted by Gasteiger charge is -2.32. The Hall–Kier alpha value is -0.610. The first-order valence-electron chi connectivity index (χ1n) is 6.97. The summed E-state index contributed by atoms with van der Waals surface area (Å²) >= 11 is 0. The number of rotatable bonds is 6. The Bertz CT molecular complexity index is 314. The fraction of sp³-hybridized carbons (Fsp3) is 0.929. The first-order valence-corrected chi connectivity index (χ1v) is 6.97. The van der Waals surface area contributed by atoms with Gasteiger partial charge in [0, 0.05) is 19.7 Å². The van der Waals surface area contributed by atoms with Crippen LogP contribution in [-0.4, -0.2) is 48.8 Å². The van der Waals surface area contributed by atoms with Crippen LogP contribution in [0.3, 0.4) is 0 Å². The van der Waals surface area contributed by atoms with Crippen LogP contribution < -0.4 is 0 Å². The molecule has 1 aliphatic heterocycles. The number of carboxylic acids is 1. The number of carbonyl (C=O) groups is 1. The molecule has 2 atom stereocenters. The number of hydrogen-bond donors (Lipinski definition) is 1. The van der Waals surface area contributed by atoms with E-state index in [1.165, 1.54) is 12.8 Å². The lowest BCUT2D eigenvalue weighted by atomic mass is 9.76. The van der Waals surface area contributed by atoms with E-state index in [9.17, 15) is 9.90 Å². The highest BCUT2D eigenvalue weighted by atomic mass is 16.5. The Morgan fingerprint density at radius 3 is 2.56 bits per heavy atom. The van der Waals surface area contributed by atoms with E-state index in [1.807, 2.05) is 13.8 Å². The topological polar surface area (TPSA) is 49.8 Å². The summed E-state index contributed by atoms with van der Waals surface area (Å²) in [7, 11) is 1.73. The molecular weight excluding hydrogens is 230 g/mol. The molecule has 18 heavy (non-hydrogen) atoms. The minimum absolute atomic E-state index is 0.183.